The van der Waals surface area contributed by atoms with Crippen molar-refractivity contribution in [2.45, 2.75) is 30.9 Å². The van der Waals surface area contributed by atoms with Crippen molar-refractivity contribution in [2.75, 3.05) is 5.75 Å². The topological polar surface area (TPSA) is 81.9 Å². The van der Waals surface area contributed by atoms with Gasteiger partial charge in [-0.15, -0.1) is 0 Å². The van der Waals surface area contributed by atoms with E-state index in [4.69, 9.17) is 0 Å². The fraction of sp³-hybridized carbons (Fsp3) is 0.700. The van der Waals surface area contributed by atoms with Gasteiger partial charge in [-0.05, 0) is 12.8 Å². The van der Waals surface area contributed by atoms with E-state index in [2.05, 4.69) is 10.1 Å². The summed E-state index contributed by atoms with van der Waals surface area (Å²) in [5, 5.41) is 3.02. The van der Waals surface area contributed by atoms with Gasteiger partial charge in [0.25, 0.3) is 0 Å². The average molecular weight is 257 g/mol. The molecule has 7 heteroatoms. The van der Waals surface area contributed by atoms with E-state index in [1.807, 2.05) is 0 Å². The first kappa shape index (κ1) is 12.2. The van der Waals surface area contributed by atoms with Crippen LogP contribution in [0, 0.1) is 0 Å². The highest BCUT2D eigenvalue weighted by atomic mass is 32.2. The van der Waals surface area contributed by atoms with Crippen molar-refractivity contribution < 1.29 is 13.2 Å². The van der Waals surface area contributed by atoms with Crippen LogP contribution in [0.25, 0.3) is 0 Å². The number of ketones is 1. The lowest BCUT2D eigenvalue weighted by Gasteiger charge is -2.20. The first-order chi connectivity index (χ1) is 8.00. The Kier molecular flexibility index (Phi) is 3.28. The molecule has 0 aromatic carbocycles. The predicted molar refractivity (Wildman–Crippen MR) is 61.1 cm³/mol. The number of Topliss-reactive ketones (excluding diaryl/α,β-unsaturated/α-hetero) is 1. The summed E-state index contributed by atoms with van der Waals surface area (Å²) < 4.78 is 25.0. The van der Waals surface area contributed by atoms with Gasteiger partial charge in [-0.25, -0.2) is 13.4 Å². The van der Waals surface area contributed by atoms with E-state index >= 15 is 0 Å². The number of aromatic nitrogens is 3. The van der Waals surface area contributed by atoms with E-state index in [-0.39, 0.29) is 18.0 Å². The Bertz CT molecular complexity index is 521. The minimum Gasteiger partial charge on any atom is -0.298 e. The van der Waals surface area contributed by atoms with Crippen molar-refractivity contribution in [2.24, 2.45) is 7.05 Å². The standard InChI is InChI=1S/C10H15N3O3S/c1-13-10(11-7-12-13)6-8(14)9-4-2-3-5-17(9,15)16/h7,9H,2-6H2,1H3. The van der Waals surface area contributed by atoms with Gasteiger partial charge in [-0.3, -0.25) is 9.48 Å². The maximum Gasteiger partial charge on any atom is 0.160 e. The molecular weight excluding hydrogens is 242 g/mol. The molecule has 17 heavy (non-hydrogen) atoms. The molecule has 94 valence electrons. The first-order valence-electron chi connectivity index (χ1n) is 5.58. The molecule has 0 spiro atoms. The van der Waals surface area contributed by atoms with E-state index in [0.29, 0.717) is 18.7 Å². The summed E-state index contributed by atoms with van der Waals surface area (Å²) >= 11 is 0. The van der Waals surface area contributed by atoms with Crippen molar-refractivity contribution >= 4 is 15.6 Å². The maximum atomic E-state index is 12.0. The first-order valence-corrected chi connectivity index (χ1v) is 7.29. The highest BCUT2D eigenvalue weighted by Crippen LogP contribution is 2.21. The van der Waals surface area contributed by atoms with Crippen molar-refractivity contribution in [3.63, 3.8) is 0 Å². The zero-order valence-corrected chi connectivity index (χ0v) is 10.5. The second-order valence-corrected chi connectivity index (χ2v) is 6.60. The highest BCUT2D eigenvalue weighted by molar-refractivity contribution is 7.92. The highest BCUT2D eigenvalue weighted by Gasteiger charge is 2.34. The van der Waals surface area contributed by atoms with E-state index in [1.54, 1.807) is 7.05 Å². The van der Waals surface area contributed by atoms with E-state index < -0.39 is 15.1 Å². The van der Waals surface area contributed by atoms with Crippen molar-refractivity contribution in [1.29, 1.82) is 0 Å². The number of hydrogen-bond acceptors (Lipinski definition) is 5. The van der Waals surface area contributed by atoms with Crippen molar-refractivity contribution in [3.8, 4) is 0 Å². The molecule has 1 fully saturated rings. The lowest BCUT2D eigenvalue weighted by molar-refractivity contribution is -0.118. The summed E-state index contributed by atoms with van der Waals surface area (Å²) in [6.07, 6.45) is 3.31. The maximum absolute atomic E-state index is 12.0. The largest absolute Gasteiger partial charge is 0.298 e. The Labute approximate surface area is 100.0 Å². The predicted octanol–water partition coefficient (Wildman–Crippen LogP) is -0.106. The molecule has 1 atom stereocenters. The number of sulfone groups is 1. The number of rotatable bonds is 3. The summed E-state index contributed by atoms with van der Waals surface area (Å²) in [5.74, 6) is 0.374. The summed E-state index contributed by atoms with van der Waals surface area (Å²) in [6.45, 7) is 0. The fourth-order valence-electron chi connectivity index (χ4n) is 2.07. The Balaban J connectivity index is 2.13. The third-order valence-corrected chi connectivity index (χ3v) is 5.30. The number of carbonyl (C=O) groups is 1. The normalized spacial score (nSPS) is 23.5. The molecule has 2 heterocycles. The minimum absolute atomic E-state index is 0.0421. The van der Waals surface area contributed by atoms with Crippen LogP contribution in [0.3, 0.4) is 0 Å². The Morgan fingerprint density at radius 2 is 2.29 bits per heavy atom. The van der Waals surface area contributed by atoms with Gasteiger partial charge >= 0.3 is 0 Å². The van der Waals surface area contributed by atoms with Crippen molar-refractivity contribution in [1.82, 2.24) is 14.8 Å². The number of nitrogens with zero attached hydrogens (tertiary/aromatic N) is 3. The van der Waals surface area contributed by atoms with E-state index in [1.165, 1.54) is 11.0 Å². The minimum atomic E-state index is -3.25. The fourth-order valence-corrected chi connectivity index (χ4v) is 3.97. The molecule has 6 nitrogen and oxygen atoms in total. The smallest absolute Gasteiger partial charge is 0.160 e. The lowest BCUT2D eigenvalue weighted by atomic mass is 10.1. The summed E-state index contributed by atoms with van der Waals surface area (Å²) in [7, 11) is -1.56. The SMILES string of the molecule is Cn1ncnc1CC(=O)C1CCCCS1(=O)=O. The molecule has 1 aliphatic heterocycles. The van der Waals surface area contributed by atoms with Crippen LogP contribution in [0.15, 0.2) is 6.33 Å². The van der Waals surface area contributed by atoms with Crippen LogP contribution < -0.4 is 0 Å². The molecule has 0 saturated carbocycles. The Morgan fingerprint density at radius 1 is 1.53 bits per heavy atom. The monoisotopic (exact) mass is 257 g/mol. The molecule has 2 rings (SSSR count). The van der Waals surface area contributed by atoms with Crippen LogP contribution in [0.5, 0.6) is 0 Å². The quantitative estimate of drug-likeness (QED) is 0.755. The zero-order chi connectivity index (χ0) is 12.5. The molecule has 1 aliphatic rings. The van der Waals surface area contributed by atoms with Gasteiger partial charge in [-0.1, -0.05) is 6.42 Å². The molecule has 0 N–H and O–H groups in total. The summed E-state index contributed by atoms with van der Waals surface area (Å²) in [4.78, 5) is 15.9. The zero-order valence-electron chi connectivity index (χ0n) is 9.66. The van der Waals surface area contributed by atoms with Gasteiger partial charge in [0, 0.05) is 7.05 Å². The van der Waals surface area contributed by atoms with Gasteiger partial charge < -0.3 is 0 Å². The van der Waals surface area contributed by atoms with Crippen LogP contribution in [-0.4, -0.2) is 40.0 Å². The third-order valence-electron chi connectivity index (χ3n) is 3.08. The molecule has 0 aliphatic carbocycles. The summed E-state index contributed by atoms with van der Waals surface area (Å²) in [6, 6.07) is 0. The molecule has 1 aromatic rings. The van der Waals surface area contributed by atoms with E-state index in [9.17, 15) is 13.2 Å². The molecule has 0 bridgehead atoms. The Morgan fingerprint density at radius 3 is 2.88 bits per heavy atom. The Hall–Kier alpha value is -1.24. The van der Waals surface area contributed by atoms with Gasteiger partial charge in [0.05, 0.1) is 12.2 Å². The van der Waals surface area contributed by atoms with Crippen LogP contribution >= 0.6 is 0 Å². The average Bonchev–Trinajstić information content (AvgIpc) is 2.63. The molecule has 1 saturated heterocycles. The van der Waals surface area contributed by atoms with Crippen molar-refractivity contribution in [3.05, 3.63) is 12.2 Å². The molecule has 1 unspecified atom stereocenters. The summed E-state index contributed by atoms with van der Waals surface area (Å²) in [5.41, 5.74) is 0. The second kappa shape index (κ2) is 4.56. The molecule has 0 radical (unpaired) electrons. The van der Waals surface area contributed by atoms with Crippen LogP contribution in [-0.2, 0) is 28.1 Å². The van der Waals surface area contributed by atoms with Crippen LogP contribution in [0.2, 0.25) is 0 Å². The van der Waals surface area contributed by atoms with E-state index in [0.717, 1.165) is 6.42 Å². The second-order valence-electron chi connectivity index (χ2n) is 4.29. The number of aryl methyl sites for hydroxylation is 1. The van der Waals surface area contributed by atoms with Crippen LogP contribution in [0.4, 0.5) is 0 Å². The number of carbonyl (C=O) groups excluding carboxylic acids is 1. The van der Waals surface area contributed by atoms with Gasteiger partial charge in [-0.2, -0.15) is 5.10 Å². The lowest BCUT2D eigenvalue weighted by Crippen LogP contribution is -2.36. The van der Waals surface area contributed by atoms with Gasteiger partial charge in [0.1, 0.15) is 17.4 Å². The molecule has 0 amide bonds. The molecule has 1 aromatic heterocycles. The molecular formula is C10H15N3O3S. The van der Waals surface area contributed by atoms with Gasteiger partial charge in [0.15, 0.2) is 15.6 Å². The number of hydrogen-bond donors (Lipinski definition) is 0. The third kappa shape index (κ3) is 2.54. The van der Waals surface area contributed by atoms with Gasteiger partial charge in [0.2, 0.25) is 0 Å². The van der Waals surface area contributed by atoms with Crippen LogP contribution in [0.1, 0.15) is 25.1 Å².